The lowest BCUT2D eigenvalue weighted by Gasteiger charge is -2.29. The second-order valence-electron chi connectivity index (χ2n) is 14.6. The fourth-order valence-corrected chi connectivity index (χ4v) is 8.59. The van der Waals surface area contributed by atoms with Gasteiger partial charge >= 0.3 is 0 Å². The van der Waals surface area contributed by atoms with Crippen molar-refractivity contribution in [3.8, 4) is 39.1 Å². The van der Waals surface area contributed by atoms with Crippen molar-refractivity contribution in [3.05, 3.63) is 205 Å². The largest absolute Gasteiger partial charge is 0.310 e. The van der Waals surface area contributed by atoms with Crippen LogP contribution in [0.15, 0.2) is 194 Å². The van der Waals surface area contributed by atoms with Gasteiger partial charge in [0.2, 0.25) is 0 Å². The first-order valence-electron chi connectivity index (χ1n) is 18.4. The van der Waals surface area contributed by atoms with Crippen molar-refractivity contribution >= 4 is 38.9 Å². The summed E-state index contributed by atoms with van der Waals surface area (Å²) in [5, 5.41) is 2.53. The summed E-state index contributed by atoms with van der Waals surface area (Å²) < 4.78 is 2.39. The summed E-state index contributed by atoms with van der Waals surface area (Å²) in [5.74, 6) is 0. The van der Waals surface area contributed by atoms with Gasteiger partial charge in [0.1, 0.15) is 0 Å². The summed E-state index contributed by atoms with van der Waals surface area (Å²) in [7, 11) is 0. The van der Waals surface area contributed by atoms with E-state index in [1.165, 1.54) is 77.7 Å². The van der Waals surface area contributed by atoms with Crippen LogP contribution in [0.3, 0.4) is 0 Å². The van der Waals surface area contributed by atoms with Crippen LogP contribution < -0.4 is 4.90 Å². The van der Waals surface area contributed by atoms with Crippen LogP contribution in [0.5, 0.6) is 0 Å². The van der Waals surface area contributed by atoms with Gasteiger partial charge in [0.25, 0.3) is 0 Å². The van der Waals surface area contributed by atoms with Crippen LogP contribution in [0, 0.1) is 0 Å². The van der Waals surface area contributed by atoms with E-state index >= 15 is 0 Å². The van der Waals surface area contributed by atoms with Gasteiger partial charge in [-0.15, -0.1) is 0 Å². The van der Waals surface area contributed by atoms with E-state index in [0.717, 1.165) is 11.4 Å². The zero-order chi connectivity index (χ0) is 35.5. The molecule has 1 aromatic heterocycles. The number of aromatic nitrogens is 1. The number of anilines is 3. The van der Waals surface area contributed by atoms with E-state index in [-0.39, 0.29) is 5.41 Å². The molecule has 9 aromatic rings. The minimum Gasteiger partial charge on any atom is -0.310 e. The topological polar surface area (TPSA) is 8.17 Å². The highest BCUT2D eigenvalue weighted by Crippen LogP contribution is 2.54. The maximum Gasteiger partial charge on any atom is 0.0547 e. The van der Waals surface area contributed by atoms with E-state index in [2.05, 4.69) is 217 Å². The first-order chi connectivity index (χ1) is 26.1. The SMILES string of the molecule is CC1(C)c2ccccc2-c2c(N(c3ccc(-c4ccccc4)cc3)c3ccc(-c4ccc5c6ccccc6n(-c6ccccc6)c5c4)cc3)cccc21. The summed E-state index contributed by atoms with van der Waals surface area (Å²) in [6.45, 7) is 4.70. The van der Waals surface area contributed by atoms with Crippen LogP contribution in [0.4, 0.5) is 17.1 Å². The molecule has 1 aliphatic carbocycles. The monoisotopic (exact) mass is 678 g/mol. The zero-order valence-electron chi connectivity index (χ0n) is 29.9. The maximum atomic E-state index is 2.44. The maximum absolute atomic E-state index is 2.44. The Balaban J connectivity index is 1.11. The van der Waals surface area contributed by atoms with E-state index in [9.17, 15) is 0 Å². The smallest absolute Gasteiger partial charge is 0.0547 e. The zero-order valence-corrected chi connectivity index (χ0v) is 29.9. The molecule has 8 aromatic carbocycles. The van der Waals surface area contributed by atoms with Crippen LogP contribution in [0.25, 0.3) is 60.9 Å². The molecule has 2 nitrogen and oxygen atoms in total. The molecule has 0 bridgehead atoms. The van der Waals surface area contributed by atoms with Gasteiger partial charge in [-0.25, -0.2) is 0 Å². The van der Waals surface area contributed by atoms with Crippen molar-refractivity contribution < 1.29 is 0 Å². The fraction of sp³-hybridized carbons (Fsp3) is 0.0588. The van der Waals surface area contributed by atoms with Crippen molar-refractivity contribution in [2.45, 2.75) is 19.3 Å². The highest BCUT2D eigenvalue weighted by atomic mass is 15.1. The summed E-state index contributed by atoms with van der Waals surface area (Å²) in [6.07, 6.45) is 0. The summed E-state index contributed by atoms with van der Waals surface area (Å²) in [4.78, 5) is 2.44. The lowest BCUT2D eigenvalue weighted by Crippen LogP contribution is -2.16. The first kappa shape index (κ1) is 31.1. The molecule has 0 unspecified atom stereocenters. The lowest BCUT2D eigenvalue weighted by molar-refractivity contribution is 0.660. The third-order valence-corrected chi connectivity index (χ3v) is 11.2. The van der Waals surface area contributed by atoms with Gasteiger partial charge in [-0.3, -0.25) is 0 Å². The average molecular weight is 679 g/mol. The molecule has 0 saturated heterocycles. The van der Waals surface area contributed by atoms with Gasteiger partial charge in [-0.1, -0.05) is 153 Å². The molecule has 0 atom stereocenters. The van der Waals surface area contributed by atoms with Crippen molar-refractivity contribution in [2.75, 3.05) is 4.90 Å². The Bertz CT molecular complexity index is 2770. The molecular weight excluding hydrogens is 641 g/mol. The van der Waals surface area contributed by atoms with Gasteiger partial charge in [0.15, 0.2) is 0 Å². The molecule has 0 radical (unpaired) electrons. The summed E-state index contributed by atoms with van der Waals surface area (Å²) >= 11 is 0. The van der Waals surface area contributed by atoms with Crippen LogP contribution in [-0.2, 0) is 5.41 Å². The molecular formula is C51H38N2. The van der Waals surface area contributed by atoms with Crippen molar-refractivity contribution in [2.24, 2.45) is 0 Å². The van der Waals surface area contributed by atoms with Crippen LogP contribution in [0.1, 0.15) is 25.0 Å². The quantitative estimate of drug-likeness (QED) is 0.170. The lowest BCUT2D eigenvalue weighted by atomic mass is 9.82. The number of rotatable bonds is 6. The second-order valence-corrected chi connectivity index (χ2v) is 14.6. The number of hydrogen-bond donors (Lipinski definition) is 0. The van der Waals surface area contributed by atoms with Gasteiger partial charge in [0, 0.05) is 38.8 Å². The highest BCUT2D eigenvalue weighted by molar-refractivity contribution is 6.10. The molecule has 53 heavy (non-hydrogen) atoms. The summed E-state index contributed by atoms with van der Waals surface area (Å²) in [5.41, 5.74) is 17.1. The Kier molecular flexibility index (Phi) is 7.19. The van der Waals surface area contributed by atoms with Crippen molar-refractivity contribution in [1.82, 2.24) is 4.57 Å². The van der Waals surface area contributed by atoms with E-state index in [1.807, 2.05) is 0 Å². The molecule has 1 heterocycles. The molecule has 252 valence electrons. The Labute approximate surface area is 310 Å². The average Bonchev–Trinajstić information content (AvgIpc) is 3.67. The van der Waals surface area contributed by atoms with Gasteiger partial charge < -0.3 is 9.47 Å². The highest BCUT2D eigenvalue weighted by Gasteiger charge is 2.37. The van der Waals surface area contributed by atoms with Gasteiger partial charge in [-0.05, 0) is 93.5 Å². The minimum absolute atomic E-state index is 0.0878. The van der Waals surface area contributed by atoms with E-state index < -0.39 is 0 Å². The molecule has 1 aliphatic rings. The van der Waals surface area contributed by atoms with Gasteiger partial charge in [-0.2, -0.15) is 0 Å². The molecule has 0 fully saturated rings. The Morgan fingerprint density at radius 2 is 0.962 bits per heavy atom. The Morgan fingerprint density at radius 3 is 1.70 bits per heavy atom. The molecule has 2 heteroatoms. The van der Waals surface area contributed by atoms with E-state index in [1.54, 1.807) is 0 Å². The van der Waals surface area contributed by atoms with Crippen molar-refractivity contribution in [1.29, 1.82) is 0 Å². The molecule has 0 N–H and O–H groups in total. The Morgan fingerprint density at radius 1 is 0.415 bits per heavy atom. The number of hydrogen-bond acceptors (Lipinski definition) is 1. The minimum atomic E-state index is -0.0878. The summed E-state index contributed by atoms with van der Waals surface area (Å²) in [6, 6.07) is 70.8. The Hall–Kier alpha value is -6.64. The molecule has 0 aliphatic heterocycles. The normalized spacial score (nSPS) is 12.9. The van der Waals surface area contributed by atoms with Gasteiger partial charge in [0.05, 0.1) is 16.7 Å². The fourth-order valence-electron chi connectivity index (χ4n) is 8.59. The predicted molar refractivity (Wildman–Crippen MR) is 224 cm³/mol. The third kappa shape index (κ3) is 5.02. The number of fused-ring (bicyclic) bond motifs is 6. The van der Waals surface area contributed by atoms with E-state index in [0.29, 0.717) is 0 Å². The van der Waals surface area contributed by atoms with Crippen LogP contribution >= 0.6 is 0 Å². The first-order valence-corrected chi connectivity index (χ1v) is 18.4. The second kappa shape index (κ2) is 12.3. The molecule has 0 spiro atoms. The van der Waals surface area contributed by atoms with Crippen LogP contribution in [0.2, 0.25) is 0 Å². The molecule has 10 rings (SSSR count). The standard InChI is InChI=1S/C51H38N2/c1-51(2)45-20-11-9-19-44(45)50-46(51)21-13-23-48(50)52(40-29-24-36(25-30-40)35-14-5-3-6-15-35)41-31-26-37(27-32-41)38-28-33-43-42-18-10-12-22-47(42)53(49(43)34-38)39-16-7-4-8-17-39/h3-34H,1-2H3. The van der Waals surface area contributed by atoms with Crippen molar-refractivity contribution in [3.63, 3.8) is 0 Å². The molecule has 0 saturated carbocycles. The third-order valence-electron chi connectivity index (χ3n) is 11.2. The van der Waals surface area contributed by atoms with Crippen LogP contribution in [-0.4, -0.2) is 4.57 Å². The number of nitrogens with zero attached hydrogens (tertiary/aromatic N) is 2. The number of para-hydroxylation sites is 2. The number of benzene rings is 8. The molecule has 0 amide bonds. The van der Waals surface area contributed by atoms with E-state index in [4.69, 9.17) is 0 Å². The predicted octanol–water partition coefficient (Wildman–Crippen LogP) is 13.9.